The summed E-state index contributed by atoms with van der Waals surface area (Å²) in [5.41, 5.74) is 2.18. The molecule has 5 rings (SSSR count). The molecule has 8 nitrogen and oxygen atoms in total. The normalized spacial score (nSPS) is 16.4. The molecule has 1 unspecified atom stereocenters. The van der Waals surface area contributed by atoms with Crippen LogP contribution in [0.1, 0.15) is 18.9 Å². The largest absolute Gasteiger partial charge is 0.494 e. The molecule has 1 atom stereocenters. The van der Waals surface area contributed by atoms with E-state index in [4.69, 9.17) is 26.4 Å². The summed E-state index contributed by atoms with van der Waals surface area (Å²) in [7, 11) is 0. The lowest BCUT2D eigenvalue weighted by molar-refractivity contribution is -0.124. The first-order chi connectivity index (χ1) is 17.5. The molecule has 3 aromatic carbocycles. The number of nitrogens with zero attached hydrogens (tertiary/aromatic N) is 2. The first kappa shape index (κ1) is 23.6. The lowest BCUT2D eigenvalue weighted by Crippen LogP contribution is -2.37. The summed E-state index contributed by atoms with van der Waals surface area (Å²) < 4.78 is 16.4. The van der Waals surface area contributed by atoms with Crippen LogP contribution in [0.3, 0.4) is 0 Å². The van der Waals surface area contributed by atoms with E-state index in [1.807, 2.05) is 55.5 Å². The van der Waals surface area contributed by atoms with Crippen molar-refractivity contribution in [1.29, 1.82) is 0 Å². The van der Waals surface area contributed by atoms with Crippen molar-refractivity contribution in [2.75, 3.05) is 23.6 Å². The Bertz CT molecular complexity index is 1280. The Labute approximate surface area is 214 Å². The number of carbonyl (C=O) groups is 2. The number of anilines is 2. The topological polar surface area (TPSA) is 80.3 Å². The van der Waals surface area contributed by atoms with Gasteiger partial charge in [-0.1, -0.05) is 24.3 Å². The monoisotopic (exact) mass is 503 g/mol. The third-order valence-corrected chi connectivity index (χ3v) is 6.37. The summed E-state index contributed by atoms with van der Waals surface area (Å²) >= 11 is 5.75. The van der Waals surface area contributed by atoms with E-state index >= 15 is 0 Å². The standard InChI is InChI=1S/C27H25N3O5S/c1-2-33-21-11-9-19(10-12-21)28-25(31)15-22-26(32)30(20-6-4-3-5-7-20)27(36)29(22)16-18-8-13-23-24(14-18)35-17-34-23/h3-14,22H,2,15-17H2,1H3,(H,28,31). The highest BCUT2D eigenvalue weighted by Crippen LogP contribution is 2.34. The minimum Gasteiger partial charge on any atom is -0.494 e. The van der Waals surface area contributed by atoms with Crippen LogP contribution >= 0.6 is 12.2 Å². The van der Waals surface area contributed by atoms with Gasteiger partial charge in [0, 0.05) is 12.2 Å². The van der Waals surface area contributed by atoms with Crippen molar-refractivity contribution < 1.29 is 23.8 Å². The Morgan fingerprint density at radius 2 is 1.81 bits per heavy atom. The van der Waals surface area contributed by atoms with Gasteiger partial charge in [-0.2, -0.15) is 0 Å². The highest BCUT2D eigenvalue weighted by Gasteiger charge is 2.44. The van der Waals surface area contributed by atoms with Gasteiger partial charge in [0.15, 0.2) is 16.6 Å². The molecular formula is C27H25N3O5S. The zero-order valence-electron chi connectivity index (χ0n) is 19.7. The van der Waals surface area contributed by atoms with Gasteiger partial charge in [0.05, 0.1) is 18.7 Å². The van der Waals surface area contributed by atoms with E-state index in [0.717, 1.165) is 11.3 Å². The Hall–Kier alpha value is -4.11. The molecule has 0 aromatic heterocycles. The Balaban J connectivity index is 1.37. The fourth-order valence-corrected chi connectivity index (χ4v) is 4.64. The van der Waals surface area contributed by atoms with E-state index in [1.54, 1.807) is 29.2 Å². The van der Waals surface area contributed by atoms with Crippen LogP contribution in [-0.4, -0.2) is 41.3 Å². The van der Waals surface area contributed by atoms with Gasteiger partial charge in [0.1, 0.15) is 11.8 Å². The van der Waals surface area contributed by atoms with Crippen molar-refractivity contribution in [2.24, 2.45) is 0 Å². The number of amides is 2. The highest BCUT2D eigenvalue weighted by atomic mass is 32.1. The molecular weight excluding hydrogens is 478 g/mol. The first-order valence-corrected chi connectivity index (χ1v) is 12.0. The third-order valence-electron chi connectivity index (χ3n) is 5.95. The van der Waals surface area contributed by atoms with Crippen LogP contribution in [0.5, 0.6) is 17.2 Å². The molecule has 184 valence electrons. The smallest absolute Gasteiger partial charge is 0.256 e. The molecule has 0 bridgehead atoms. The van der Waals surface area contributed by atoms with Gasteiger partial charge in [-0.05, 0) is 73.2 Å². The van der Waals surface area contributed by atoms with Crippen LogP contribution < -0.4 is 24.4 Å². The predicted octanol–water partition coefficient (Wildman–Crippen LogP) is 4.35. The third kappa shape index (κ3) is 4.83. The molecule has 2 aliphatic heterocycles. The molecule has 0 aliphatic carbocycles. The van der Waals surface area contributed by atoms with E-state index in [0.29, 0.717) is 41.1 Å². The summed E-state index contributed by atoms with van der Waals surface area (Å²) in [4.78, 5) is 29.9. The zero-order chi connectivity index (χ0) is 25.1. The number of benzene rings is 3. The SMILES string of the molecule is CCOc1ccc(NC(=O)CC2C(=O)N(c3ccccc3)C(=S)N2Cc2ccc3c(c2)OCO3)cc1. The molecule has 9 heteroatoms. The van der Waals surface area contributed by atoms with Crippen molar-refractivity contribution in [2.45, 2.75) is 25.9 Å². The lowest BCUT2D eigenvalue weighted by Gasteiger charge is -2.24. The molecule has 2 heterocycles. The first-order valence-electron chi connectivity index (χ1n) is 11.6. The number of para-hydroxylation sites is 1. The summed E-state index contributed by atoms with van der Waals surface area (Å²) in [5.74, 6) is 1.52. The zero-order valence-corrected chi connectivity index (χ0v) is 20.5. The number of ether oxygens (including phenoxy) is 3. The Kier molecular flexibility index (Phi) is 6.73. The average Bonchev–Trinajstić information content (AvgIpc) is 3.44. The molecule has 0 saturated carbocycles. The van der Waals surface area contributed by atoms with E-state index in [1.165, 1.54) is 4.90 Å². The fraction of sp³-hybridized carbons (Fsp3) is 0.222. The number of hydrogen-bond acceptors (Lipinski definition) is 6. The number of thiocarbonyl (C=S) groups is 1. The van der Waals surface area contributed by atoms with Gasteiger partial charge < -0.3 is 24.4 Å². The quantitative estimate of drug-likeness (QED) is 0.458. The number of nitrogens with one attached hydrogen (secondary N) is 1. The van der Waals surface area contributed by atoms with Crippen molar-refractivity contribution >= 4 is 40.5 Å². The minimum absolute atomic E-state index is 0.0555. The predicted molar refractivity (Wildman–Crippen MR) is 139 cm³/mol. The molecule has 3 aromatic rings. The van der Waals surface area contributed by atoms with Crippen LogP contribution in [0.2, 0.25) is 0 Å². The molecule has 1 saturated heterocycles. The molecule has 0 spiro atoms. The summed E-state index contributed by atoms with van der Waals surface area (Å²) in [6, 6.07) is 21.2. The number of hydrogen-bond donors (Lipinski definition) is 1. The molecule has 2 amide bonds. The Morgan fingerprint density at radius 1 is 1.06 bits per heavy atom. The van der Waals surface area contributed by atoms with E-state index < -0.39 is 6.04 Å². The average molecular weight is 504 g/mol. The van der Waals surface area contributed by atoms with E-state index in [9.17, 15) is 9.59 Å². The van der Waals surface area contributed by atoms with Crippen molar-refractivity contribution in [3.8, 4) is 17.2 Å². The van der Waals surface area contributed by atoms with Gasteiger partial charge in [0.25, 0.3) is 5.91 Å². The molecule has 0 radical (unpaired) electrons. The number of carbonyl (C=O) groups excluding carboxylic acids is 2. The highest BCUT2D eigenvalue weighted by molar-refractivity contribution is 7.80. The van der Waals surface area contributed by atoms with Crippen molar-refractivity contribution in [3.63, 3.8) is 0 Å². The van der Waals surface area contributed by atoms with E-state index in [-0.39, 0.29) is 25.0 Å². The summed E-state index contributed by atoms with van der Waals surface area (Å²) in [6.45, 7) is 2.99. The lowest BCUT2D eigenvalue weighted by atomic mass is 10.1. The van der Waals surface area contributed by atoms with Crippen LogP contribution in [0.25, 0.3) is 0 Å². The van der Waals surface area contributed by atoms with Gasteiger partial charge in [-0.25, -0.2) is 0 Å². The minimum atomic E-state index is -0.758. The number of rotatable bonds is 8. The fourth-order valence-electron chi connectivity index (χ4n) is 4.25. The van der Waals surface area contributed by atoms with Gasteiger partial charge >= 0.3 is 0 Å². The molecule has 1 N–H and O–H groups in total. The van der Waals surface area contributed by atoms with E-state index in [2.05, 4.69) is 5.32 Å². The maximum absolute atomic E-state index is 13.6. The second-order valence-corrected chi connectivity index (χ2v) is 8.70. The van der Waals surface area contributed by atoms with Crippen molar-refractivity contribution in [3.05, 3.63) is 78.4 Å². The number of fused-ring (bicyclic) bond motifs is 1. The molecule has 36 heavy (non-hydrogen) atoms. The van der Waals surface area contributed by atoms with Crippen molar-refractivity contribution in [1.82, 2.24) is 4.90 Å². The summed E-state index contributed by atoms with van der Waals surface area (Å²) in [6.07, 6.45) is -0.0555. The summed E-state index contributed by atoms with van der Waals surface area (Å²) in [5, 5.41) is 3.22. The van der Waals surface area contributed by atoms with Crippen LogP contribution in [0, 0.1) is 0 Å². The molecule has 1 fully saturated rings. The Morgan fingerprint density at radius 3 is 2.56 bits per heavy atom. The second kappa shape index (κ2) is 10.2. The van der Waals surface area contributed by atoms with Gasteiger partial charge in [-0.3, -0.25) is 14.5 Å². The van der Waals surface area contributed by atoms with Gasteiger partial charge in [0.2, 0.25) is 12.7 Å². The maximum Gasteiger partial charge on any atom is 0.256 e. The maximum atomic E-state index is 13.6. The van der Waals surface area contributed by atoms with Gasteiger partial charge in [-0.15, -0.1) is 0 Å². The molecule has 2 aliphatic rings. The van der Waals surface area contributed by atoms with Crippen LogP contribution in [-0.2, 0) is 16.1 Å². The van der Waals surface area contributed by atoms with Crippen LogP contribution in [0.4, 0.5) is 11.4 Å². The second-order valence-electron chi connectivity index (χ2n) is 8.33. The van der Waals surface area contributed by atoms with Crippen LogP contribution in [0.15, 0.2) is 72.8 Å².